The Balaban J connectivity index is 2.50. The normalized spacial score (nSPS) is 10.6. The summed E-state index contributed by atoms with van der Waals surface area (Å²) in [6.07, 6.45) is 1.25. The molecule has 1 heterocycles. The van der Waals surface area contributed by atoms with Gasteiger partial charge in [0.05, 0.1) is 6.54 Å². The second-order valence-corrected chi connectivity index (χ2v) is 4.79. The van der Waals surface area contributed by atoms with Crippen LogP contribution in [0.4, 0.5) is 0 Å². The Morgan fingerprint density at radius 3 is 2.28 bits per heavy atom. The lowest BCUT2D eigenvalue weighted by atomic mass is 10.2. The van der Waals surface area contributed by atoms with E-state index >= 15 is 0 Å². The molecule has 1 aromatic carbocycles. The number of halogens is 3. The van der Waals surface area contributed by atoms with Crippen molar-refractivity contribution in [3.05, 3.63) is 65.9 Å². The molecule has 0 aliphatic carbocycles. The molecule has 0 atom stereocenters. The Morgan fingerprint density at radius 2 is 1.67 bits per heavy atom. The van der Waals surface area contributed by atoms with Crippen molar-refractivity contribution in [3.63, 3.8) is 0 Å². The van der Waals surface area contributed by atoms with Crippen LogP contribution in [0.15, 0.2) is 34.0 Å². The average molecular weight is 306 g/mol. The van der Waals surface area contributed by atoms with Gasteiger partial charge in [0.1, 0.15) is 5.02 Å². The van der Waals surface area contributed by atoms with Gasteiger partial charge in [-0.05, 0) is 12.1 Å². The summed E-state index contributed by atoms with van der Waals surface area (Å²) in [5.74, 6) is 0. The van der Waals surface area contributed by atoms with E-state index in [1.807, 2.05) is 0 Å². The van der Waals surface area contributed by atoms with Crippen molar-refractivity contribution in [2.45, 2.75) is 6.54 Å². The molecule has 0 bridgehead atoms. The fourth-order valence-corrected chi connectivity index (χ4v) is 2.14. The van der Waals surface area contributed by atoms with Crippen molar-refractivity contribution in [2.24, 2.45) is 0 Å². The van der Waals surface area contributed by atoms with E-state index in [4.69, 9.17) is 34.8 Å². The van der Waals surface area contributed by atoms with Crippen molar-refractivity contribution < 1.29 is 0 Å². The highest BCUT2D eigenvalue weighted by Crippen LogP contribution is 2.24. The highest BCUT2D eigenvalue weighted by Gasteiger charge is 2.08. The molecule has 94 valence electrons. The highest BCUT2D eigenvalue weighted by molar-refractivity contribution is 6.36. The van der Waals surface area contributed by atoms with Crippen molar-refractivity contribution in [1.82, 2.24) is 9.55 Å². The molecular weight excluding hydrogens is 298 g/mol. The largest absolute Gasteiger partial charge is 0.328 e. The summed E-state index contributed by atoms with van der Waals surface area (Å²) in [6, 6.07) is 5.04. The first-order valence-corrected chi connectivity index (χ1v) is 6.04. The number of rotatable bonds is 2. The van der Waals surface area contributed by atoms with E-state index in [2.05, 4.69) is 4.98 Å². The van der Waals surface area contributed by atoms with Crippen LogP contribution >= 0.6 is 34.8 Å². The summed E-state index contributed by atoms with van der Waals surface area (Å²) < 4.78 is 1.23. The van der Waals surface area contributed by atoms with Crippen LogP contribution in [-0.2, 0) is 6.54 Å². The molecule has 18 heavy (non-hydrogen) atoms. The van der Waals surface area contributed by atoms with Crippen LogP contribution in [0.2, 0.25) is 15.1 Å². The van der Waals surface area contributed by atoms with E-state index in [0.717, 1.165) is 0 Å². The van der Waals surface area contributed by atoms with Crippen LogP contribution in [0.1, 0.15) is 5.56 Å². The molecule has 0 amide bonds. The highest BCUT2D eigenvalue weighted by atomic mass is 35.5. The van der Waals surface area contributed by atoms with Gasteiger partial charge < -0.3 is 0 Å². The molecular formula is C11H7Cl3N2O2. The average Bonchev–Trinajstić information content (AvgIpc) is 2.30. The number of H-pyrrole nitrogens is 1. The number of benzene rings is 1. The number of nitrogens with one attached hydrogen (secondary N) is 1. The molecule has 0 unspecified atom stereocenters. The van der Waals surface area contributed by atoms with E-state index in [9.17, 15) is 9.59 Å². The van der Waals surface area contributed by atoms with E-state index in [-0.39, 0.29) is 11.6 Å². The summed E-state index contributed by atoms with van der Waals surface area (Å²) >= 11 is 17.7. The van der Waals surface area contributed by atoms with Crippen molar-refractivity contribution in [3.8, 4) is 0 Å². The molecule has 1 aromatic heterocycles. The van der Waals surface area contributed by atoms with Crippen LogP contribution in [0.25, 0.3) is 0 Å². The van der Waals surface area contributed by atoms with Gasteiger partial charge in [-0.1, -0.05) is 40.9 Å². The van der Waals surface area contributed by atoms with Crippen molar-refractivity contribution in [2.75, 3.05) is 0 Å². The first-order valence-electron chi connectivity index (χ1n) is 4.91. The first-order chi connectivity index (χ1) is 8.49. The number of aromatic amines is 1. The molecule has 0 saturated carbocycles. The Labute approximate surface area is 117 Å². The number of hydrogen-bond acceptors (Lipinski definition) is 2. The Kier molecular flexibility index (Phi) is 3.80. The number of hydrogen-bond donors (Lipinski definition) is 1. The molecule has 0 radical (unpaired) electrons. The first kappa shape index (κ1) is 13.2. The molecule has 7 heteroatoms. The second-order valence-electron chi connectivity index (χ2n) is 3.56. The van der Waals surface area contributed by atoms with Crippen molar-refractivity contribution in [1.29, 1.82) is 0 Å². The van der Waals surface area contributed by atoms with E-state index in [1.54, 1.807) is 18.2 Å². The Morgan fingerprint density at radius 1 is 1.06 bits per heavy atom. The van der Waals surface area contributed by atoms with Crippen LogP contribution < -0.4 is 11.2 Å². The number of aromatic nitrogens is 2. The molecule has 4 nitrogen and oxygen atoms in total. The molecule has 1 N–H and O–H groups in total. The zero-order valence-electron chi connectivity index (χ0n) is 8.91. The van der Waals surface area contributed by atoms with Crippen LogP contribution in [0, 0.1) is 0 Å². The molecule has 0 saturated heterocycles. The minimum absolute atomic E-state index is 0.0715. The topological polar surface area (TPSA) is 54.9 Å². The third-order valence-corrected chi connectivity index (χ3v) is 3.34. The van der Waals surface area contributed by atoms with E-state index < -0.39 is 11.2 Å². The van der Waals surface area contributed by atoms with Crippen LogP contribution in [-0.4, -0.2) is 9.55 Å². The van der Waals surface area contributed by atoms with E-state index in [1.165, 1.54) is 10.8 Å². The molecule has 0 spiro atoms. The minimum Gasteiger partial charge on any atom is -0.295 e. The van der Waals surface area contributed by atoms with Gasteiger partial charge in [-0.25, -0.2) is 4.79 Å². The fraction of sp³-hybridized carbons (Fsp3) is 0.0909. The second kappa shape index (κ2) is 5.18. The smallest absolute Gasteiger partial charge is 0.295 e. The Hall–Kier alpha value is -1.23. The molecule has 0 aliphatic heterocycles. The molecule has 0 aliphatic rings. The lowest BCUT2D eigenvalue weighted by molar-refractivity contribution is 0.721. The minimum atomic E-state index is -0.622. The molecule has 0 fully saturated rings. The summed E-state index contributed by atoms with van der Waals surface area (Å²) in [6.45, 7) is 0.133. The summed E-state index contributed by atoms with van der Waals surface area (Å²) in [4.78, 5) is 24.8. The van der Waals surface area contributed by atoms with Gasteiger partial charge in [-0.15, -0.1) is 0 Å². The van der Waals surface area contributed by atoms with Crippen molar-refractivity contribution >= 4 is 34.8 Å². The van der Waals surface area contributed by atoms with Gasteiger partial charge in [0.2, 0.25) is 0 Å². The zero-order chi connectivity index (χ0) is 13.3. The van der Waals surface area contributed by atoms with Gasteiger partial charge in [-0.3, -0.25) is 14.3 Å². The third-order valence-electron chi connectivity index (χ3n) is 2.36. The summed E-state index contributed by atoms with van der Waals surface area (Å²) in [5, 5.41) is 0.811. The van der Waals surface area contributed by atoms with E-state index in [0.29, 0.717) is 15.6 Å². The van der Waals surface area contributed by atoms with Crippen LogP contribution in [0.3, 0.4) is 0 Å². The zero-order valence-corrected chi connectivity index (χ0v) is 11.2. The SMILES string of the molecule is O=c1[nH]c(=O)n(Cc2c(Cl)cccc2Cl)cc1Cl. The Bertz CT molecular complexity index is 686. The summed E-state index contributed by atoms with van der Waals surface area (Å²) in [7, 11) is 0. The molecule has 2 rings (SSSR count). The maximum atomic E-state index is 11.6. The monoisotopic (exact) mass is 304 g/mol. The maximum Gasteiger partial charge on any atom is 0.328 e. The van der Waals surface area contributed by atoms with Crippen LogP contribution in [0.5, 0.6) is 0 Å². The van der Waals surface area contributed by atoms with Gasteiger partial charge in [-0.2, -0.15) is 0 Å². The lowest BCUT2D eigenvalue weighted by Crippen LogP contribution is -2.30. The van der Waals surface area contributed by atoms with Gasteiger partial charge in [0.15, 0.2) is 0 Å². The number of nitrogens with zero attached hydrogens (tertiary/aromatic N) is 1. The maximum absolute atomic E-state index is 11.6. The lowest BCUT2D eigenvalue weighted by Gasteiger charge is -2.09. The predicted octanol–water partition coefficient (Wildman–Crippen LogP) is 2.55. The quantitative estimate of drug-likeness (QED) is 0.927. The van der Waals surface area contributed by atoms with Gasteiger partial charge >= 0.3 is 5.69 Å². The standard InChI is InChI=1S/C11H7Cl3N2O2/c12-7-2-1-3-8(13)6(7)4-16-5-9(14)10(17)15-11(16)18/h1-3,5H,4H2,(H,15,17,18). The predicted molar refractivity (Wildman–Crippen MR) is 71.9 cm³/mol. The third kappa shape index (κ3) is 2.61. The fourth-order valence-electron chi connectivity index (χ4n) is 1.45. The van der Waals surface area contributed by atoms with Gasteiger partial charge in [0.25, 0.3) is 5.56 Å². The van der Waals surface area contributed by atoms with Gasteiger partial charge in [0, 0.05) is 21.8 Å². The summed E-state index contributed by atoms with van der Waals surface area (Å²) in [5.41, 5.74) is -0.602. The molecule has 2 aromatic rings.